The van der Waals surface area contributed by atoms with Crippen molar-refractivity contribution >= 4 is 5.91 Å². The van der Waals surface area contributed by atoms with Gasteiger partial charge in [0.15, 0.2) is 5.82 Å². The molecule has 0 aliphatic carbocycles. The number of aryl methyl sites for hydroxylation is 1. The van der Waals surface area contributed by atoms with Crippen LogP contribution in [0, 0.1) is 6.92 Å². The van der Waals surface area contributed by atoms with Crippen molar-refractivity contribution in [1.82, 2.24) is 20.1 Å². The number of hydrogen-bond acceptors (Lipinski definition) is 4. The molecule has 0 spiro atoms. The van der Waals surface area contributed by atoms with Crippen molar-refractivity contribution in [2.75, 3.05) is 7.05 Å². The van der Waals surface area contributed by atoms with E-state index in [-0.39, 0.29) is 12.0 Å². The first kappa shape index (κ1) is 15.0. The molecule has 112 valence electrons. The van der Waals surface area contributed by atoms with Crippen LogP contribution in [-0.4, -0.2) is 39.1 Å². The molecule has 0 aliphatic heterocycles. The van der Waals surface area contributed by atoms with Crippen molar-refractivity contribution in [1.29, 1.82) is 0 Å². The first-order chi connectivity index (χ1) is 9.95. The predicted molar refractivity (Wildman–Crippen MR) is 79.1 cm³/mol. The Morgan fingerprint density at radius 3 is 2.52 bits per heavy atom. The normalized spacial score (nSPS) is 10.7. The van der Waals surface area contributed by atoms with E-state index in [1.54, 1.807) is 36.2 Å². The standard InChI is InChI=1S/C15H20N4O2/c1-10(2)21-13-7-5-12(6-8-13)15(20)19(4)9-14-16-11(3)17-18-14/h5-8,10H,9H2,1-4H3,(H,16,17,18). The first-order valence-corrected chi connectivity index (χ1v) is 6.86. The van der Waals surface area contributed by atoms with Gasteiger partial charge in [-0.05, 0) is 45.0 Å². The molecule has 0 atom stereocenters. The number of aromatic amines is 1. The second-order valence-electron chi connectivity index (χ2n) is 5.19. The summed E-state index contributed by atoms with van der Waals surface area (Å²) in [6.07, 6.45) is 0.114. The number of nitrogens with one attached hydrogen (secondary N) is 1. The van der Waals surface area contributed by atoms with Crippen LogP contribution in [0.25, 0.3) is 0 Å². The molecular weight excluding hydrogens is 268 g/mol. The van der Waals surface area contributed by atoms with E-state index in [4.69, 9.17) is 4.74 Å². The highest BCUT2D eigenvalue weighted by atomic mass is 16.5. The van der Waals surface area contributed by atoms with E-state index in [1.807, 2.05) is 20.8 Å². The van der Waals surface area contributed by atoms with Crippen LogP contribution >= 0.6 is 0 Å². The number of nitrogens with zero attached hydrogens (tertiary/aromatic N) is 3. The van der Waals surface area contributed by atoms with Gasteiger partial charge in [-0.3, -0.25) is 9.89 Å². The number of carbonyl (C=O) groups is 1. The molecule has 0 saturated carbocycles. The third kappa shape index (κ3) is 4.05. The molecule has 1 N–H and O–H groups in total. The van der Waals surface area contributed by atoms with E-state index in [1.165, 1.54) is 0 Å². The maximum absolute atomic E-state index is 12.3. The van der Waals surface area contributed by atoms with Crippen molar-refractivity contribution < 1.29 is 9.53 Å². The molecule has 0 bridgehead atoms. The Bertz CT molecular complexity index is 604. The summed E-state index contributed by atoms with van der Waals surface area (Å²) in [5.41, 5.74) is 0.612. The number of rotatable bonds is 5. The summed E-state index contributed by atoms with van der Waals surface area (Å²) in [6.45, 7) is 6.12. The van der Waals surface area contributed by atoms with Crippen molar-refractivity contribution in [3.63, 3.8) is 0 Å². The molecule has 0 fully saturated rings. The van der Waals surface area contributed by atoms with Crippen molar-refractivity contribution in [2.45, 2.75) is 33.4 Å². The number of ether oxygens (including phenoxy) is 1. The molecule has 1 amide bonds. The zero-order valence-electron chi connectivity index (χ0n) is 12.8. The van der Waals surface area contributed by atoms with Gasteiger partial charge in [0.1, 0.15) is 11.6 Å². The van der Waals surface area contributed by atoms with Gasteiger partial charge in [0.2, 0.25) is 0 Å². The van der Waals surface area contributed by atoms with Crippen molar-refractivity contribution in [3.8, 4) is 5.75 Å². The summed E-state index contributed by atoms with van der Waals surface area (Å²) in [7, 11) is 1.73. The molecule has 0 radical (unpaired) electrons. The van der Waals surface area contributed by atoms with Gasteiger partial charge in [-0.1, -0.05) is 0 Å². The van der Waals surface area contributed by atoms with E-state index in [0.717, 1.165) is 11.6 Å². The average Bonchev–Trinajstić information content (AvgIpc) is 2.83. The summed E-state index contributed by atoms with van der Waals surface area (Å²) >= 11 is 0. The smallest absolute Gasteiger partial charge is 0.254 e. The first-order valence-electron chi connectivity index (χ1n) is 6.86. The van der Waals surface area contributed by atoms with Crippen LogP contribution in [0.15, 0.2) is 24.3 Å². The van der Waals surface area contributed by atoms with E-state index in [0.29, 0.717) is 17.9 Å². The van der Waals surface area contributed by atoms with Crippen LogP contribution in [0.1, 0.15) is 35.9 Å². The van der Waals surface area contributed by atoms with Crippen LogP contribution in [0.4, 0.5) is 0 Å². The van der Waals surface area contributed by atoms with Crippen LogP contribution in [0.5, 0.6) is 5.75 Å². The highest BCUT2D eigenvalue weighted by Crippen LogP contribution is 2.15. The Morgan fingerprint density at radius 2 is 2.00 bits per heavy atom. The monoisotopic (exact) mass is 288 g/mol. The minimum Gasteiger partial charge on any atom is -0.491 e. The molecule has 2 rings (SSSR count). The third-order valence-electron chi connectivity index (χ3n) is 2.84. The Labute approximate surface area is 124 Å². The predicted octanol–water partition coefficient (Wildman–Crippen LogP) is 2.17. The fourth-order valence-corrected chi connectivity index (χ4v) is 1.91. The zero-order chi connectivity index (χ0) is 15.4. The number of benzene rings is 1. The molecule has 21 heavy (non-hydrogen) atoms. The van der Waals surface area contributed by atoms with E-state index in [2.05, 4.69) is 15.2 Å². The molecule has 1 heterocycles. The largest absolute Gasteiger partial charge is 0.491 e. The lowest BCUT2D eigenvalue weighted by Crippen LogP contribution is -2.26. The maximum atomic E-state index is 12.3. The fourth-order valence-electron chi connectivity index (χ4n) is 1.91. The van der Waals surface area contributed by atoms with Gasteiger partial charge >= 0.3 is 0 Å². The summed E-state index contributed by atoms with van der Waals surface area (Å²) in [5, 5.41) is 6.79. The second-order valence-corrected chi connectivity index (χ2v) is 5.19. The molecule has 0 saturated heterocycles. The van der Waals surface area contributed by atoms with E-state index >= 15 is 0 Å². The fraction of sp³-hybridized carbons (Fsp3) is 0.400. The summed E-state index contributed by atoms with van der Waals surface area (Å²) in [6, 6.07) is 7.13. The summed E-state index contributed by atoms with van der Waals surface area (Å²) in [5.74, 6) is 2.02. The van der Waals surface area contributed by atoms with Crippen molar-refractivity contribution in [2.24, 2.45) is 0 Å². The van der Waals surface area contributed by atoms with Gasteiger partial charge < -0.3 is 9.64 Å². The topological polar surface area (TPSA) is 71.1 Å². The Kier molecular flexibility index (Phi) is 4.57. The lowest BCUT2D eigenvalue weighted by Gasteiger charge is -2.16. The average molecular weight is 288 g/mol. The molecular formula is C15H20N4O2. The molecule has 2 aromatic rings. The second kappa shape index (κ2) is 6.39. The minimum atomic E-state index is -0.0754. The molecule has 1 aromatic carbocycles. The lowest BCUT2D eigenvalue weighted by molar-refractivity contribution is 0.0781. The van der Waals surface area contributed by atoms with Gasteiger partial charge in [0.05, 0.1) is 12.6 Å². The molecule has 0 unspecified atom stereocenters. The van der Waals surface area contributed by atoms with Crippen LogP contribution in [0.3, 0.4) is 0 Å². The van der Waals surface area contributed by atoms with Gasteiger partial charge in [0.25, 0.3) is 5.91 Å². The summed E-state index contributed by atoms with van der Waals surface area (Å²) in [4.78, 5) is 18.1. The third-order valence-corrected chi connectivity index (χ3v) is 2.84. The van der Waals surface area contributed by atoms with E-state index in [9.17, 15) is 4.79 Å². The number of aromatic nitrogens is 3. The van der Waals surface area contributed by atoms with Gasteiger partial charge in [0, 0.05) is 12.6 Å². The molecule has 6 nitrogen and oxygen atoms in total. The molecule has 1 aromatic heterocycles. The van der Waals surface area contributed by atoms with Gasteiger partial charge in [-0.2, -0.15) is 5.10 Å². The maximum Gasteiger partial charge on any atom is 0.254 e. The van der Waals surface area contributed by atoms with E-state index < -0.39 is 0 Å². The summed E-state index contributed by atoms with van der Waals surface area (Å²) < 4.78 is 5.56. The van der Waals surface area contributed by atoms with Gasteiger partial charge in [-0.15, -0.1) is 0 Å². The van der Waals surface area contributed by atoms with Gasteiger partial charge in [-0.25, -0.2) is 4.98 Å². The quantitative estimate of drug-likeness (QED) is 0.915. The Hall–Kier alpha value is -2.37. The Balaban J connectivity index is 2.01. The molecule has 0 aliphatic rings. The van der Waals surface area contributed by atoms with Crippen LogP contribution in [0.2, 0.25) is 0 Å². The number of amides is 1. The minimum absolute atomic E-state index is 0.0754. The lowest BCUT2D eigenvalue weighted by atomic mass is 10.2. The zero-order valence-corrected chi connectivity index (χ0v) is 12.8. The van der Waals surface area contributed by atoms with Crippen LogP contribution < -0.4 is 4.74 Å². The highest BCUT2D eigenvalue weighted by molar-refractivity contribution is 5.94. The number of hydrogen-bond donors (Lipinski definition) is 1. The van der Waals surface area contributed by atoms with Crippen molar-refractivity contribution in [3.05, 3.63) is 41.5 Å². The number of H-pyrrole nitrogens is 1. The molecule has 6 heteroatoms. The highest BCUT2D eigenvalue weighted by Gasteiger charge is 2.14. The van der Waals surface area contributed by atoms with Crippen LogP contribution in [-0.2, 0) is 6.54 Å². The number of carbonyl (C=O) groups excluding carboxylic acids is 1. The SMILES string of the molecule is Cc1nc(CN(C)C(=O)c2ccc(OC(C)C)cc2)n[nH]1. The Morgan fingerprint density at radius 1 is 1.33 bits per heavy atom.